The van der Waals surface area contributed by atoms with E-state index in [1.807, 2.05) is 30.3 Å². The molecule has 2 aromatic carbocycles. The second kappa shape index (κ2) is 7.70. The number of ether oxygens (including phenoxy) is 1. The average Bonchev–Trinajstić information content (AvgIpc) is 2.86. The average molecular weight is 419 g/mol. The summed E-state index contributed by atoms with van der Waals surface area (Å²) in [6, 6.07) is 14.3. The Morgan fingerprint density at radius 2 is 1.79 bits per heavy atom. The van der Waals surface area contributed by atoms with Crippen LogP contribution in [0.4, 0.5) is 10.1 Å². The standard InChI is InChI=1S/C22H27FN2O3S/c1-28-22(17-4-3-5-21(12-17)24-29(2,26)27)18-8-9-19(22)15-25(14-18)13-16-6-10-20(23)11-7-16/h3-7,10-12,18-19,24H,8-9,13-15H2,1-2H3. The molecule has 1 heterocycles. The highest BCUT2D eigenvalue weighted by molar-refractivity contribution is 7.92. The predicted molar refractivity (Wildman–Crippen MR) is 111 cm³/mol. The third-order valence-electron chi connectivity index (χ3n) is 6.31. The van der Waals surface area contributed by atoms with Gasteiger partial charge in [-0.05, 0) is 48.2 Å². The molecule has 29 heavy (non-hydrogen) atoms. The molecule has 7 heteroatoms. The Morgan fingerprint density at radius 3 is 2.38 bits per heavy atom. The van der Waals surface area contributed by atoms with Crippen molar-refractivity contribution < 1.29 is 17.5 Å². The lowest BCUT2D eigenvalue weighted by Gasteiger charge is -2.47. The Labute approximate surface area is 171 Å². The van der Waals surface area contributed by atoms with Crippen molar-refractivity contribution in [1.29, 1.82) is 0 Å². The third kappa shape index (κ3) is 4.04. The van der Waals surface area contributed by atoms with E-state index < -0.39 is 15.6 Å². The van der Waals surface area contributed by atoms with Crippen LogP contribution in [0, 0.1) is 17.7 Å². The van der Waals surface area contributed by atoms with E-state index in [-0.39, 0.29) is 5.82 Å². The van der Waals surface area contributed by atoms with E-state index in [2.05, 4.69) is 9.62 Å². The number of halogens is 1. The summed E-state index contributed by atoms with van der Waals surface area (Å²) in [6.07, 6.45) is 3.30. The lowest BCUT2D eigenvalue weighted by Crippen LogP contribution is -2.52. The van der Waals surface area contributed by atoms with Gasteiger partial charge in [0.15, 0.2) is 0 Å². The molecule has 1 saturated carbocycles. The van der Waals surface area contributed by atoms with Crippen LogP contribution in [0.5, 0.6) is 0 Å². The maximum atomic E-state index is 13.2. The van der Waals surface area contributed by atoms with Crippen molar-refractivity contribution in [3.63, 3.8) is 0 Å². The molecule has 0 aromatic heterocycles. The fourth-order valence-electron chi connectivity index (χ4n) is 5.26. The fourth-order valence-corrected chi connectivity index (χ4v) is 5.81. The fraction of sp³-hybridized carbons (Fsp3) is 0.455. The van der Waals surface area contributed by atoms with Gasteiger partial charge in [-0.2, -0.15) is 0 Å². The van der Waals surface area contributed by atoms with Crippen LogP contribution < -0.4 is 4.72 Å². The van der Waals surface area contributed by atoms with Crippen LogP contribution in [0.25, 0.3) is 0 Å². The molecule has 2 aromatic rings. The number of hydrogen-bond donors (Lipinski definition) is 1. The molecule has 0 spiro atoms. The van der Waals surface area contributed by atoms with Crippen molar-refractivity contribution in [1.82, 2.24) is 4.90 Å². The number of sulfonamides is 1. The molecule has 2 bridgehead atoms. The molecular formula is C22H27FN2O3S. The first-order valence-electron chi connectivity index (χ1n) is 9.90. The number of likely N-dealkylation sites (tertiary alicyclic amines) is 1. The largest absolute Gasteiger partial charge is 0.373 e. The van der Waals surface area contributed by atoms with Gasteiger partial charge in [0, 0.05) is 44.3 Å². The molecule has 1 aliphatic heterocycles. The monoisotopic (exact) mass is 418 g/mol. The maximum absolute atomic E-state index is 13.2. The number of nitrogens with one attached hydrogen (secondary N) is 1. The molecule has 4 rings (SSSR count). The number of piperidine rings is 1. The number of fused-ring (bicyclic) bond motifs is 2. The number of hydrogen-bond acceptors (Lipinski definition) is 4. The van der Waals surface area contributed by atoms with Crippen LogP contribution in [-0.4, -0.2) is 39.8 Å². The first-order valence-corrected chi connectivity index (χ1v) is 11.8. The van der Waals surface area contributed by atoms with E-state index in [0.717, 1.165) is 49.9 Å². The molecule has 1 N–H and O–H groups in total. The number of anilines is 1. The molecule has 5 nitrogen and oxygen atoms in total. The predicted octanol–water partition coefficient (Wildman–Crippen LogP) is 3.58. The number of methoxy groups -OCH3 is 1. The summed E-state index contributed by atoms with van der Waals surface area (Å²) >= 11 is 0. The summed E-state index contributed by atoms with van der Waals surface area (Å²) in [5.74, 6) is 0.425. The Hall–Kier alpha value is -1.96. The normalized spacial score (nSPS) is 27.1. The summed E-state index contributed by atoms with van der Waals surface area (Å²) in [5, 5.41) is 0. The second-order valence-electron chi connectivity index (χ2n) is 8.24. The Balaban J connectivity index is 1.58. The molecule has 2 atom stereocenters. The Bertz CT molecular complexity index is 964. The Morgan fingerprint density at radius 1 is 1.14 bits per heavy atom. The molecule has 1 aliphatic carbocycles. The first kappa shape index (κ1) is 20.3. The first-order chi connectivity index (χ1) is 13.8. The van der Waals surface area contributed by atoms with Crippen molar-refractivity contribution in [2.75, 3.05) is 31.2 Å². The quantitative estimate of drug-likeness (QED) is 0.779. The minimum absolute atomic E-state index is 0.214. The second-order valence-corrected chi connectivity index (χ2v) is 9.99. The molecule has 2 fully saturated rings. The maximum Gasteiger partial charge on any atom is 0.229 e. The smallest absolute Gasteiger partial charge is 0.229 e. The topological polar surface area (TPSA) is 58.6 Å². The molecule has 0 amide bonds. The summed E-state index contributed by atoms with van der Waals surface area (Å²) < 4.78 is 45.3. The van der Waals surface area contributed by atoms with Crippen LogP contribution in [0.15, 0.2) is 48.5 Å². The lowest BCUT2D eigenvalue weighted by atomic mass is 9.74. The van der Waals surface area contributed by atoms with Crippen LogP contribution >= 0.6 is 0 Å². The zero-order valence-electron chi connectivity index (χ0n) is 16.8. The van der Waals surface area contributed by atoms with Gasteiger partial charge in [0.2, 0.25) is 10.0 Å². The van der Waals surface area contributed by atoms with Gasteiger partial charge in [-0.1, -0.05) is 24.3 Å². The van der Waals surface area contributed by atoms with Gasteiger partial charge in [0.1, 0.15) is 11.4 Å². The minimum Gasteiger partial charge on any atom is -0.373 e. The highest BCUT2D eigenvalue weighted by Crippen LogP contribution is 2.54. The minimum atomic E-state index is -3.33. The van der Waals surface area contributed by atoms with Gasteiger partial charge >= 0.3 is 0 Å². The van der Waals surface area contributed by atoms with Crippen molar-refractivity contribution >= 4 is 15.7 Å². The van der Waals surface area contributed by atoms with Crippen LogP contribution in [-0.2, 0) is 26.9 Å². The van der Waals surface area contributed by atoms with Gasteiger partial charge in [0.25, 0.3) is 0 Å². The van der Waals surface area contributed by atoms with Crippen LogP contribution in [0.2, 0.25) is 0 Å². The summed E-state index contributed by atoms with van der Waals surface area (Å²) in [7, 11) is -1.57. The third-order valence-corrected chi connectivity index (χ3v) is 6.91. The van der Waals surface area contributed by atoms with E-state index in [4.69, 9.17) is 4.74 Å². The van der Waals surface area contributed by atoms with Crippen LogP contribution in [0.1, 0.15) is 24.0 Å². The van der Waals surface area contributed by atoms with Crippen molar-refractivity contribution in [2.45, 2.75) is 25.0 Å². The van der Waals surface area contributed by atoms with Crippen molar-refractivity contribution in [3.05, 3.63) is 65.5 Å². The van der Waals surface area contributed by atoms with Crippen molar-refractivity contribution in [2.24, 2.45) is 11.8 Å². The van der Waals surface area contributed by atoms with Gasteiger partial charge < -0.3 is 4.74 Å². The van der Waals surface area contributed by atoms with E-state index >= 15 is 0 Å². The number of benzene rings is 2. The zero-order valence-corrected chi connectivity index (χ0v) is 17.6. The molecule has 156 valence electrons. The summed E-state index contributed by atoms with van der Waals surface area (Å²) in [5.41, 5.74) is 2.29. The van der Waals surface area contributed by atoms with E-state index in [0.29, 0.717) is 17.5 Å². The number of nitrogens with zero attached hydrogens (tertiary/aromatic N) is 1. The number of rotatable bonds is 6. The molecular weight excluding hydrogens is 391 g/mol. The van der Waals surface area contributed by atoms with E-state index in [1.165, 1.54) is 12.1 Å². The molecule has 2 aliphatic rings. The molecule has 2 unspecified atom stereocenters. The van der Waals surface area contributed by atoms with Gasteiger partial charge in [0.05, 0.1) is 6.26 Å². The van der Waals surface area contributed by atoms with Gasteiger partial charge in [-0.3, -0.25) is 9.62 Å². The van der Waals surface area contributed by atoms with Gasteiger partial charge in [-0.25, -0.2) is 12.8 Å². The Kier molecular flexibility index (Phi) is 5.40. The summed E-state index contributed by atoms with van der Waals surface area (Å²) in [6.45, 7) is 2.58. The SMILES string of the molecule is COC1(c2cccc(NS(C)(=O)=O)c2)C2CCC1CN(Cc1ccc(F)cc1)C2. The molecule has 0 radical (unpaired) electrons. The van der Waals surface area contributed by atoms with Crippen LogP contribution in [0.3, 0.4) is 0 Å². The van der Waals surface area contributed by atoms with E-state index in [1.54, 1.807) is 13.2 Å². The molecule has 1 saturated heterocycles. The van der Waals surface area contributed by atoms with Gasteiger partial charge in [-0.15, -0.1) is 0 Å². The van der Waals surface area contributed by atoms with E-state index in [9.17, 15) is 12.8 Å². The lowest BCUT2D eigenvalue weighted by molar-refractivity contribution is -0.120. The summed E-state index contributed by atoms with van der Waals surface area (Å²) in [4.78, 5) is 2.42. The van der Waals surface area contributed by atoms with Crippen molar-refractivity contribution in [3.8, 4) is 0 Å². The highest BCUT2D eigenvalue weighted by Gasteiger charge is 2.55. The highest BCUT2D eigenvalue weighted by atomic mass is 32.2. The zero-order chi connectivity index (χ0) is 20.6.